The molecule has 0 aliphatic rings. The monoisotopic (exact) mass is 208 g/mol. The second kappa shape index (κ2) is 6.95. The quantitative estimate of drug-likeness (QED) is 0.658. The molecule has 0 aliphatic heterocycles. The maximum Gasteiger partial charge on any atom is 0.304 e. The van der Waals surface area contributed by atoms with Crippen molar-refractivity contribution >= 4 is 5.97 Å². The fraction of sp³-hybridized carbons (Fsp3) is 0.455. The predicted octanol–water partition coefficient (Wildman–Crippen LogP) is 1.08. The molecule has 1 rings (SSSR count). The lowest BCUT2D eigenvalue weighted by Crippen LogP contribution is -2.19. The number of hydrogen-bond donors (Lipinski definition) is 2. The van der Waals surface area contributed by atoms with E-state index in [4.69, 9.17) is 5.11 Å². The number of aromatic nitrogens is 1. The molecule has 0 saturated carbocycles. The molecule has 4 nitrogen and oxygen atoms in total. The Morgan fingerprint density at radius 3 is 3.00 bits per heavy atom. The van der Waals surface area contributed by atoms with Crippen molar-refractivity contribution in [3.05, 3.63) is 30.1 Å². The normalized spacial score (nSPS) is 10.1. The summed E-state index contributed by atoms with van der Waals surface area (Å²) in [4.78, 5) is 14.2. The highest BCUT2D eigenvalue weighted by Crippen LogP contribution is 1.98. The smallest absolute Gasteiger partial charge is 0.304 e. The molecule has 0 aliphatic carbocycles. The average Bonchev–Trinajstić information content (AvgIpc) is 2.24. The third kappa shape index (κ3) is 5.80. The molecule has 1 heterocycles. The van der Waals surface area contributed by atoms with Crippen LogP contribution in [0.4, 0.5) is 0 Å². The molecule has 0 saturated heterocycles. The predicted molar refractivity (Wildman–Crippen MR) is 57.7 cm³/mol. The van der Waals surface area contributed by atoms with Crippen LogP contribution < -0.4 is 5.32 Å². The van der Waals surface area contributed by atoms with E-state index in [0.29, 0.717) is 6.54 Å². The summed E-state index contributed by atoms with van der Waals surface area (Å²) >= 11 is 0. The zero-order chi connectivity index (χ0) is 10.9. The van der Waals surface area contributed by atoms with Crippen molar-refractivity contribution in [3.63, 3.8) is 0 Å². The van der Waals surface area contributed by atoms with Gasteiger partial charge in [0.05, 0.1) is 6.42 Å². The van der Waals surface area contributed by atoms with Crippen LogP contribution in [0.3, 0.4) is 0 Å². The number of pyridine rings is 1. The number of carboxylic acid groups (broad SMARTS) is 1. The highest BCUT2D eigenvalue weighted by molar-refractivity contribution is 5.66. The Labute approximate surface area is 89.3 Å². The van der Waals surface area contributed by atoms with Gasteiger partial charge < -0.3 is 10.4 Å². The van der Waals surface area contributed by atoms with Gasteiger partial charge in [-0.15, -0.1) is 0 Å². The first kappa shape index (κ1) is 11.7. The van der Waals surface area contributed by atoms with Gasteiger partial charge in [0.15, 0.2) is 0 Å². The van der Waals surface area contributed by atoms with Crippen LogP contribution in [-0.4, -0.2) is 29.1 Å². The van der Waals surface area contributed by atoms with E-state index in [1.54, 1.807) is 6.20 Å². The van der Waals surface area contributed by atoms with Gasteiger partial charge in [0, 0.05) is 18.9 Å². The number of rotatable bonds is 7. The highest BCUT2D eigenvalue weighted by atomic mass is 16.4. The Bertz CT molecular complexity index is 288. The summed E-state index contributed by atoms with van der Waals surface area (Å²) in [7, 11) is 0. The summed E-state index contributed by atoms with van der Waals surface area (Å²) in [6.45, 7) is 1.39. The number of nitrogens with zero attached hydrogens (tertiary/aromatic N) is 1. The zero-order valence-electron chi connectivity index (χ0n) is 8.65. The van der Waals surface area contributed by atoms with E-state index in [0.717, 1.165) is 19.4 Å². The molecule has 0 radical (unpaired) electrons. The molecule has 82 valence electrons. The largest absolute Gasteiger partial charge is 0.481 e. The number of hydrogen-bond acceptors (Lipinski definition) is 3. The molecule has 0 unspecified atom stereocenters. The van der Waals surface area contributed by atoms with Gasteiger partial charge in [0.25, 0.3) is 0 Å². The van der Waals surface area contributed by atoms with Crippen LogP contribution in [0.15, 0.2) is 24.5 Å². The van der Waals surface area contributed by atoms with Crippen LogP contribution in [0.25, 0.3) is 0 Å². The molecule has 15 heavy (non-hydrogen) atoms. The third-order valence-corrected chi connectivity index (χ3v) is 2.06. The molecule has 4 heteroatoms. The topological polar surface area (TPSA) is 62.2 Å². The second-order valence-corrected chi connectivity index (χ2v) is 3.36. The van der Waals surface area contributed by atoms with Crippen molar-refractivity contribution in [1.82, 2.24) is 10.3 Å². The fourth-order valence-corrected chi connectivity index (χ4v) is 1.28. The standard InChI is InChI=1S/C11H16N2O2/c14-11(15)5-8-12-6-1-3-10-4-2-7-13-9-10/h2,4,7,9,12H,1,3,5-6,8H2,(H,14,15). The molecule has 1 aromatic heterocycles. The minimum absolute atomic E-state index is 0.187. The lowest BCUT2D eigenvalue weighted by atomic mass is 10.1. The summed E-state index contributed by atoms with van der Waals surface area (Å²) in [5, 5.41) is 11.5. The molecule has 0 bridgehead atoms. The summed E-state index contributed by atoms with van der Waals surface area (Å²) in [5.41, 5.74) is 1.22. The van der Waals surface area contributed by atoms with E-state index in [-0.39, 0.29) is 6.42 Å². The Hall–Kier alpha value is -1.42. The second-order valence-electron chi connectivity index (χ2n) is 3.36. The number of nitrogens with one attached hydrogen (secondary N) is 1. The van der Waals surface area contributed by atoms with Crippen molar-refractivity contribution in [2.24, 2.45) is 0 Å². The molecule has 0 amide bonds. The lowest BCUT2D eigenvalue weighted by Gasteiger charge is -2.02. The number of aryl methyl sites for hydroxylation is 1. The highest BCUT2D eigenvalue weighted by Gasteiger charge is 1.95. The maximum absolute atomic E-state index is 10.2. The molecule has 0 spiro atoms. The van der Waals surface area contributed by atoms with Crippen LogP contribution in [0.1, 0.15) is 18.4 Å². The first-order valence-electron chi connectivity index (χ1n) is 5.10. The Kier molecular flexibility index (Phi) is 5.40. The molecular formula is C11H16N2O2. The van der Waals surface area contributed by atoms with Gasteiger partial charge in [0.1, 0.15) is 0 Å². The van der Waals surface area contributed by atoms with Gasteiger partial charge in [-0.05, 0) is 31.0 Å². The Morgan fingerprint density at radius 2 is 2.33 bits per heavy atom. The summed E-state index contributed by atoms with van der Waals surface area (Å²) in [6.07, 6.45) is 5.79. The lowest BCUT2D eigenvalue weighted by molar-refractivity contribution is -0.136. The molecular weight excluding hydrogens is 192 g/mol. The van der Waals surface area contributed by atoms with Crippen LogP contribution in [0.2, 0.25) is 0 Å². The van der Waals surface area contributed by atoms with Crippen LogP contribution >= 0.6 is 0 Å². The molecule has 0 fully saturated rings. The van der Waals surface area contributed by atoms with Gasteiger partial charge in [-0.3, -0.25) is 9.78 Å². The van der Waals surface area contributed by atoms with Gasteiger partial charge in [0.2, 0.25) is 0 Å². The molecule has 2 N–H and O–H groups in total. The molecule has 1 aromatic rings. The fourth-order valence-electron chi connectivity index (χ4n) is 1.28. The van der Waals surface area contributed by atoms with Gasteiger partial charge in [-0.25, -0.2) is 0 Å². The van der Waals surface area contributed by atoms with E-state index in [1.165, 1.54) is 5.56 Å². The van der Waals surface area contributed by atoms with E-state index >= 15 is 0 Å². The molecule has 0 atom stereocenters. The summed E-state index contributed by atoms with van der Waals surface area (Å²) < 4.78 is 0. The third-order valence-electron chi connectivity index (χ3n) is 2.06. The van der Waals surface area contributed by atoms with E-state index < -0.39 is 5.97 Å². The SMILES string of the molecule is O=C(O)CCNCCCc1cccnc1. The van der Waals surface area contributed by atoms with E-state index in [9.17, 15) is 4.79 Å². The average molecular weight is 208 g/mol. The Balaban J connectivity index is 2.00. The van der Waals surface area contributed by atoms with Gasteiger partial charge >= 0.3 is 5.97 Å². The van der Waals surface area contributed by atoms with Crippen molar-refractivity contribution in [1.29, 1.82) is 0 Å². The number of carbonyl (C=O) groups is 1. The van der Waals surface area contributed by atoms with Crippen molar-refractivity contribution < 1.29 is 9.90 Å². The first-order chi connectivity index (χ1) is 7.29. The van der Waals surface area contributed by atoms with Crippen molar-refractivity contribution in [2.45, 2.75) is 19.3 Å². The van der Waals surface area contributed by atoms with Gasteiger partial charge in [-0.2, -0.15) is 0 Å². The number of aliphatic carboxylic acids is 1. The number of carboxylic acids is 1. The summed E-state index contributed by atoms with van der Waals surface area (Å²) in [6, 6.07) is 3.97. The van der Waals surface area contributed by atoms with Crippen LogP contribution in [-0.2, 0) is 11.2 Å². The maximum atomic E-state index is 10.2. The van der Waals surface area contributed by atoms with E-state index in [2.05, 4.69) is 10.3 Å². The minimum Gasteiger partial charge on any atom is -0.481 e. The van der Waals surface area contributed by atoms with Crippen molar-refractivity contribution in [3.8, 4) is 0 Å². The summed E-state index contributed by atoms with van der Waals surface area (Å²) in [5.74, 6) is -0.755. The van der Waals surface area contributed by atoms with Gasteiger partial charge in [-0.1, -0.05) is 6.07 Å². The van der Waals surface area contributed by atoms with Crippen LogP contribution in [0.5, 0.6) is 0 Å². The minimum atomic E-state index is -0.755. The van der Waals surface area contributed by atoms with Crippen LogP contribution in [0, 0.1) is 0 Å². The molecule has 0 aromatic carbocycles. The zero-order valence-corrected chi connectivity index (χ0v) is 8.65. The van der Waals surface area contributed by atoms with Crippen molar-refractivity contribution in [2.75, 3.05) is 13.1 Å². The first-order valence-corrected chi connectivity index (χ1v) is 5.10. The Morgan fingerprint density at radius 1 is 1.47 bits per heavy atom. The van der Waals surface area contributed by atoms with E-state index in [1.807, 2.05) is 18.3 Å².